The quantitative estimate of drug-likeness (QED) is 0.667. The Morgan fingerprint density at radius 1 is 1.16 bits per heavy atom. The van der Waals surface area contributed by atoms with E-state index in [0.717, 1.165) is 42.0 Å². The minimum Gasteiger partial charge on any atom is -0.354 e. The van der Waals surface area contributed by atoms with Crippen LogP contribution in [0.2, 0.25) is 0 Å². The lowest BCUT2D eigenvalue weighted by molar-refractivity contribution is -0.117. The van der Waals surface area contributed by atoms with Gasteiger partial charge in [0.05, 0.1) is 5.39 Å². The van der Waals surface area contributed by atoms with Crippen LogP contribution < -0.4 is 15.8 Å². The van der Waals surface area contributed by atoms with Gasteiger partial charge in [-0.25, -0.2) is 4.68 Å². The van der Waals surface area contributed by atoms with Crippen LogP contribution in [0.3, 0.4) is 0 Å². The fourth-order valence-corrected chi connectivity index (χ4v) is 4.25. The Labute approximate surface area is 182 Å². The summed E-state index contributed by atoms with van der Waals surface area (Å²) in [6.07, 6.45) is 2.30. The summed E-state index contributed by atoms with van der Waals surface area (Å²) in [5.74, 6) is 1.47. The summed E-state index contributed by atoms with van der Waals surface area (Å²) < 4.78 is 1.30. The lowest BCUT2D eigenvalue weighted by Gasteiger charge is -2.32. The van der Waals surface area contributed by atoms with Crippen molar-refractivity contribution < 1.29 is 4.79 Å². The highest BCUT2D eigenvalue weighted by atomic mass is 16.2. The molecular formula is C25H30N4O2. The number of rotatable bonds is 5. The van der Waals surface area contributed by atoms with Crippen molar-refractivity contribution in [3.8, 4) is 0 Å². The fourth-order valence-electron chi connectivity index (χ4n) is 4.25. The van der Waals surface area contributed by atoms with Gasteiger partial charge in [0.25, 0.3) is 5.56 Å². The minimum absolute atomic E-state index is 0.119. The molecule has 0 radical (unpaired) electrons. The average molecular weight is 419 g/mol. The van der Waals surface area contributed by atoms with Crippen LogP contribution in [0.25, 0.3) is 10.8 Å². The first-order valence-corrected chi connectivity index (χ1v) is 11.1. The minimum atomic E-state index is -0.260. The predicted molar refractivity (Wildman–Crippen MR) is 126 cm³/mol. The third-order valence-electron chi connectivity index (χ3n) is 5.94. The van der Waals surface area contributed by atoms with Gasteiger partial charge in [-0.2, -0.15) is 5.10 Å². The number of carbonyl (C=O) groups excluding carboxylic acids is 1. The Hall–Kier alpha value is -3.15. The number of nitrogens with zero attached hydrogens (tertiary/aromatic N) is 3. The molecule has 1 saturated heterocycles. The Balaban J connectivity index is 1.64. The molecule has 0 bridgehead atoms. The van der Waals surface area contributed by atoms with E-state index in [0.29, 0.717) is 17.2 Å². The van der Waals surface area contributed by atoms with Crippen molar-refractivity contribution in [2.45, 2.75) is 46.1 Å². The van der Waals surface area contributed by atoms with Crippen LogP contribution in [0.1, 0.15) is 45.1 Å². The summed E-state index contributed by atoms with van der Waals surface area (Å²) in [5.41, 5.74) is 1.64. The molecule has 6 nitrogen and oxygen atoms in total. The number of amides is 1. The summed E-state index contributed by atoms with van der Waals surface area (Å²) in [5, 5.41) is 9.02. The highest BCUT2D eigenvalue weighted by Gasteiger charge is 2.22. The molecule has 1 N–H and O–H groups in total. The molecule has 6 heteroatoms. The zero-order valence-electron chi connectivity index (χ0n) is 18.5. The zero-order valence-corrected chi connectivity index (χ0v) is 18.5. The second-order valence-corrected chi connectivity index (χ2v) is 8.85. The molecule has 1 aromatic heterocycles. The number of nitrogens with one attached hydrogen (secondary N) is 1. The zero-order chi connectivity index (χ0) is 22.0. The number of piperidine rings is 1. The summed E-state index contributed by atoms with van der Waals surface area (Å²) in [6.45, 7) is 8.16. The normalized spacial score (nSPS) is 16.6. The first kappa shape index (κ1) is 21.1. The van der Waals surface area contributed by atoms with E-state index in [1.54, 1.807) is 0 Å². The van der Waals surface area contributed by atoms with Crippen molar-refractivity contribution in [3.05, 3.63) is 64.4 Å². The van der Waals surface area contributed by atoms with Crippen LogP contribution in [0.5, 0.6) is 0 Å². The molecule has 1 fully saturated rings. The fraction of sp³-hybridized carbons (Fsp3) is 0.400. The van der Waals surface area contributed by atoms with Crippen LogP contribution in [0.15, 0.2) is 53.3 Å². The molecule has 0 spiro atoms. The smallest absolute Gasteiger partial charge is 0.275 e. The monoisotopic (exact) mass is 418 g/mol. The summed E-state index contributed by atoms with van der Waals surface area (Å²) in [4.78, 5) is 28.1. The van der Waals surface area contributed by atoms with E-state index >= 15 is 0 Å². The Kier molecular flexibility index (Phi) is 6.07. The average Bonchev–Trinajstić information content (AvgIpc) is 2.76. The molecule has 1 aliphatic heterocycles. The molecule has 2 heterocycles. The van der Waals surface area contributed by atoms with Crippen LogP contribution in [0.4, 0.5) is 11.5 Å². The van der Waals surface area contributed by atoms with Crippen molar-refractivity contribution in [1.82, 2.24) is 9.78 Å². The van der Waals surface area contributed by atoms with Crippen molar-refractivity contribution in [2.24, 2.45) is 5.92 Å². The van der Waals surface area contributed by atoms with Crippen LogP contribution in [0, 0.1) is 5.92 Å². The van der Waals surface area contributed by atoms with Gasteiger partial charge < -0.3 is 10.2 Å². The number of hydrogen-bond acceptors (Lipinski definition) is 4. The maximum atomic E-state index is 13.1. The third-order valence-corrected chi connectivity index (χ3v) is 5.94. The van der Waals surface area contributed by atoms with Gasteiger partial charge in [0.15, 0.2) is 5.82 Å². The lowest BCUT2D eigenvalue weighted by Crippen LogP contribution is -2.38. The molecule has 162 valence electrons. The standard InChI is InChI=1S/C25H30N4O2/c1-17(2)19-9-6-10-20(14-19)26-23(30)16-29-25(31)22-12-5-4-11-21(22)24(27-29)28-13-7-8-18(3)15-28/h4-6,9-12,14,17-18H,7-8,13,15-16H2,1-3H3,(H,26,30)/t18-/m1/s1. The number of benzene rings is 2. The van der Waals surface area contributed by atoms with Crippen molar-refractivity contribution in [3.63, 3.8) is 0 Å². The Morgan fingerprint density at radius 3 is 2.68 bits per heavy atom. The number of anilines is 2. The molecule has 1 aliphatic rings. The highest BCUT2D eigenvalue weighted by Crippen LogP contribution is 2.27. The molecule has 3 aromatic rings. The number of aromatic nitrogens is 2. The second kappa shape index (κ2) is 8.92. The Morgan fingerprint density at radius 2 is 1.94 bits per heavy atom. The third kappa shape index (κ3) is 4.63. The van der Waals surface area contributed by atoms with E-state index in [4.69, 9.17) is 0 Å². The predicted octanol–water partition coefficient (Wildman–Crippen LogP) is 4.39. The second-order valence-electron chi connectivity index (χ2n) is 8.85. The number of carbonyl (C=O) groups is 1. The molecule has 31 heavy (non-hydrogen) atoms. The molecule has 1 atom stereocenters. The molecule has 1 amide bonds. The van der Waals surface area contributed by atoms with Crippen LogP contribution >= 0.6 is 0 Å². The van der Waals surface area contributed by atoms with Gasteiger partial charge in [0.2, 0.25) is 5.91 Å². The van der Waals surface area contributed by atoms with E-state index in [9.17, 15) is 9.59 Å². The van der Waals surface area contributed by atoms with Gasteiger partial charge in [-0.3, -0.25) is 9.59 Å². The number of hydrogen-bond donors (Lipinski definition) is 1. The van der Waals surface area contributed by atoms with Gasteiger partial charge in [-0.1, -0.05) is 51.1 Å². The van der Waals surface area contributed by atoms with Gasteiger partial charge in [-0.15, -0.1) is 0 Å². The summed E-state index contributed by atoms with van der Waals surface area (Å²) in [6, 6.07) is 15.4. The molecule has 4 rings (SSSR count). The van der Waals surface area contributed by atoms with Crippen molar-refractivity contribution in [1.29, 1.82) is 0 Å². The van der Waals surface area contributed by atoms with E-state index in [1.165, 1.54) is 11.1 Å². The largest absolute Gasteiger partial charge is 0.354 e. The Bertz CT molecular complexity index is 1150. The SMILES string of the molecule is CC(C)c1cccc(NC(=O)Cn2nc(N3CCC[C@@H](C)C3)c3ccccc3c2=O)c1. The highest BCUT2D eigenvalue weighted by molar-refractivity contribution is 5.93. The number of fused-ring (bicyclic) bond motifs is 1. The molecule has 2 aromatic carbocycles. The van der Waals surface area contributed by atoms with E-state index < -0.39 is 0 Å². The lowest BCUT2D eigenvalue weighted by atomic mass is 10.00. The molecule has 0 aliphatic carbocycles. The first-order valence-electron chi connectivity index (χ1n) is 11.1. The van der Waals surface area contributed by atoms with E-state index in [2.05, 4.69) is 36.1 Å². The van der Waals surface area contributed by atoms with Gasteiger partial charge in [0, 0.05) is 24.2 Å². The van der Waals surface area contributed by atoms with Crippen molar-refractivity contribution in [2.75, 3.05) is 23.3 Å². The van der Waals surface area contributed by atoms with E-state index in [-0.39, 0.29) is 18.0 Å². The molecule has 0 unspecified atom stereocenters. The summed E-state index contributed by atoms with van der Waals surface area (Å²) in [7, 11) is 0. The maximum Gasteiger partial charge on any atom is 0.275 e. The van der Waals surface area contributed by atoms with Gasteiger partial charge in [0.1, 0.15) is 6.54 Å². The topological polar surface area (TPSA) is 67.2 Å². The molecule has 0 saturated carbocycles. The summed E-state index contributed by atoms with van der Waals surface area (Å²) >= 11 is 0. The van der Waals surface area contributed by atoms with E-state index in [1.807, 2.05) is 48.5 Å². The van der Waals surface area contributed by atoms with Crippen LogP contribution in [-0.2, 0) is 11.3 Å². The van der Waals surface area contributed by atoms with Crippen molar-refractivity contribution >= 4 is 28.2 Å². The van der Waals surface area contributed by atoms with Gasteiger partial charge >= 0.3 is 0 Å². The first-order chi connectivity index (χ1) is 14.9. The van der Waals surface area contributed by atoms with Gasteiger partial charge in [-0.05, 0) is 48.4 Å². The van der Waals surface area contributed by atoms with Crippen LogP contribution in [-0.4, -0.2) is 28.8 Å². The molecular weight excluding hydrogens is 388 g/mol. The maximum absolute atomic E-state index is 13.1.